The molecule has 0 aliphatic carbocycles. The zero-order chi connectivity index (χ0) is 23.3. The number of phenolic OH excluding ortho intramolecular Hbond substituents is 2. The van der Waals surface area contributed by atoms with Gasteiger partial charge in [0, 0.05) is 6.07 Å². The molecule has 1 amide bonds. The van der Waals surface area contributed by atoms with Gasteiger partial charge in [0.15, 0.2) is 11.5 Å². The molecule has 0 atom stereocenters. The van der Waals surface area contributed by atoms with Crippen LogP contribution in [-0.2, 0) is 0 Å². The molecule has 0 spiro atoms. The molecule has 3 N–H and O–H groups in total. The van der Waals surface area contributed by atoms with Gasteiger partial charge >= 0.3 is 5.97 Å². The van der Waals surface area contributed by atoms with Crippen LogP contribution in [0.4, 0.5) is 0 Å². The van der Waals surface area contributed by atoms with E-state index in [1.807, 2.05) is 0 Å². The summed E-state index contributed by atoms with van der Waals surface area (Å²) >= 11 is 11.8. The van der Waals surface area contributed by atoms with Gasteiger partial charge in [0.05, 0.1) is 34.5 Å². The number of amides is 1. The van der Waals surface area contributed by atoms with Crippen molar-refractivity contribution in [1.82, 2.24) is 5.43 Å². The van der Waals surface area contributed by atoms with Gasteiger partial charge in [-0.05, 0) is 54.1 Å². The fraction of sp³-hybridized carbons (Fsp3) is 0.0455. The van der Waals surface area contributed by atoms with Crippen LogP contribution in [0.5, 0.6) is 23.0 Å². The van der Waals surface area contributed by atoms with Gasteiger partial charge < -0.3 is 19.7 Å². The van der Waals surface area contributed by atoms with Gasteiger partial charge in [0.25, 0.3) is 5.91 Å². The zero-order valence-corrected chi connectivity index (χ0v) is 18.0. The average molecular weight is 475 g/mol. The van der Waals surface area contributed by atoms with E-state index in [-0.39, 0.29) is 39.1 Å². The Kier molecular flexibility index (Phi) is 7.19. The molecule has 164 valence electrons. The Morgan fingerprint density at radius 3 is 2.44 bits per heavy atom. The highest BCUT2D eigenvalue weighted by atomic mass is 35.5. The van der Waals surface area contributed by atoms with Gasteiger partial charge in [-0.15, -0.1) is 0 Å². The third kappa shape index (κ3) is 5.48. The van der Waals surface area contributed by atoms with Crippen LogP contribution in [0, 0.1) is 0 Å². The normalized spacial score (nSPS) is 10.7. The summed E-state index contributed by atoms with van der Waals surface area (Å²) in [4.78, 5) is 24.5. The minimum atomic E-state index is -0.669. The monoisotopic (exact) mass is 474 g/mol. The summed E-state index contributed by atoms with van der Waals surface area (Å²) in [6, 6.07) is 12.6. The van der Waals surface area contributed by atoms with Gasteiger partial charge in [0.2, 0.25) is 0 Å². The van der Waals surface area contributed by atoms with Crippen LogP contribution in [0.1, 0.15) is 26.3 Å². The van der Waals surface area contributed by atoms with Gasteiger partial charge in [-0.3, -0.25) is 4.79 Å². The topological polar surface area (TPSA) is 117 Å². The number of rotatable bonds is 6. The first-order valence-electron chi connectivity index (χ1n) is 8.99. The number of phenols is 2. The Bertz CT molecular complexity index is 1210. The van der Waals surface area contributed by atoms with Gasteiger partial charge in [-0.2, -0.15) is 5.10 Å². The summed E-state index contributed by atoms with van der Waals surface area (Å²) in [5, 5.41) is 23.4. The number of carbonyl (C=O) groups is 2. The van der Waals surface area contributed by atoms with E-state index in [4.69, 9.17) is 32.7 Å². The third-order valence-corrected chi connectivity index (χ3v) is 4.89. The second kappa shape index (κ2) is 10.0. The highest BCUT2D eigenvalue weighted by Gasteiger charge is 2.14. The number of halogens is 2. The van der Waals surface area contributed by atoms with Crippen molar-refractivity contribution >= 4 is 41.3 Å². The molecule has 8 nitrogen and oxygen atoms in total. The van der Waals surface area contributed by atoms with E-state index in [0.717, 1.165) is 6.07 Å². The van der Waals surface area contributed by atoms with E-state index < -0.39 is 11.9 Å². The number of hydrogen-bond acceptors (Lipinski definition) is 7. The molecule has 0 aliphatic heterocycles. The van der Waals surface area contributed by atoms with Crippen LogP contribution in [0.2, 0.25) is 10.0 Å². The summed E-state index contributed by atoms with van der Waals surface area (Å²) in [5.74, 6) is -1.45. The fourth-order valence-corrected chi connectivity index (χ4v) is 2.87. The molecule has 3 rings (SSSR count). The quantitative estimate of drug-likeness (QED) is 0.211. The number of hydrogen-bond donors (Lipinski definition) is 3. The van der Waals surface area contributed by atoms with Crippen molar-refractivity contribution in [3.8, 4) is 23.0 Å². The van der Waals surface area contributed by atoms with E-state index in [9.17, 15) is 19.8 Å². The van der Waals surface area contributed by atoms with Crippen LogP contribution in [0.25, 0.3) is 0 Å². The first kappa shape index (κ1) is 22.9. The minimum Gasteiger partial charge on any atom is -0.508 e. The molecule has 0 bridgehead atoms. The second-order valence-electron chi connectivity index (χ2n) is 6.33. The number of hydrazone groups is 1. The van der Waals surface area contributed by atoms with Crippen molar-refractivity contribution in [2.24, 2.45) is 5.10 Å². The summed E-state index contributed by atoms with van der Waals surface area (Å²) in [7, 11) is 1.40. The highest BCUT2D eigenvalue weighted by Crippen LogP contribution is 2.29. The molecule has 0 radical (unpaired) electrons. The van der Waals surface area contributed by atoms with Crippen LogP contribution < -0.4 is 14.9 Å². The number of methoxy groups -OCH3 is 1. The molecular weight excluding hydrogens is 459 g/mol. The van der Waals surface area contributed by atoms with E-state index in [1.165, 1.54) is 49.7 Å². The van der Waals surface area contributed by atoms with Crippen molar-refractivity contribution in [1.29, 1.82) is 0 Å². The molecule has 0 saturated carbocycles. The maximum absolute atomic E-state index is 12.4. The number of nitrogens with zero attached hydrogens (tertiary/aromatic N) is 1. The molecule has 3 aromatic carbocycles. The maximum Gasteiger partial charge on any atom is 0.343 e. The van der Waals surface area contributed by atoms with Crippen molar-refractivity contribution in [2.45, 2.75) is 0 Å². The van der Waals surface area contributed by atoms with Crippen LogP contribution >= 0.6 is 23.2 Å². The van der Waals surface area contributed by atoms with Crippen molar-refractivity contribution in [3.05, 3.63) is 81.3 Å². The van der Waals surface area contributed by atoms with Crippen molar-refractivity contribution in [2.75, 3.05) is 7.11 Å². The second-order valence-corrected chi connectivity index (χ2v) is 7.14. The van der Waals surface area contributed by atoms with E-state index in [1.54, 1.807) is 12.1 Å². The number of carbonyl (C=O) groups excluding carboxylic acids is 2. The molecule has 32 heavy (non-hydrogen) atoms. The molecule has 3 aromatic rings. The zero-order valence-electron chi connectivity index (χ0n) is 16.5. The molecule has 0 unspecified atom stereocenters. The number of ether oxygens (including phenoxy) is 2. The summed E-state index contributed by atoms with van der Waals surface area (Å²) in [6.45, 7) is 0. The Morgan fingerprint density at radius 2 is 1.75 bits per heavy atom. The Hall–Kier alpha value is -3.75. The molecule has 10 heteroatoms. The van der Waals surface area contributed by atoms with Gasteiger partial charge in [-0.25, -0.2) is 10.2 Å². The summed E-state index contributed by atoms with van der Waals surface area (Å²) in [6.07, 6.45) is 1.34. The van der Waals surface area contributed by atoms with E-state index in [0.29, 0.717) is 10.6 Å². The number of aromatic hydroxyl groups is 2. The Balaban J connectivity index is 1.69. The lowest BCUT2D eigenvalue weighted by Crippen LogP contribution is -2.17. The van der Waals surface area contributed by atoms with Crippen LogP contribution in [0.3, 0.4) is 0 Å². The first-order valence-corrected chi connectivity index (χ1v) is 9.74. The molecule has 0 heterocycles. The lowest BCUT2D eigenvalue weighted by molar-refractivity contribution is 0.0729. The summed E-state index contributed by atoms with van der Waals surface area (Å²) < 4.78 is 10.6. The number of benzene rings is 3. The molecule has 0 fully saturated rings. The largest absolute Gasteiger partial charge is 0.508 e. The summed E-state index contributed by atoms with van der Waals surface area (Å²) in [5.41, 5.74) is 2.96. The van der Waals surface area contributed by atoms with Gasteiger partial charge in [-0.1, -0.05) is 23.2 Å². The Morgan fingerprint density at radius 1 is 0.969 bits per heavy atom. The lowest BCUT2D eigenvalue weighted by atomic mass is 10.2. The lowest BCUT2D eigenvalue weighted by Gasteiger charge is -2.10. The third-order valence-electron chi connectivity index (χ3n) is 4.15. The molecular formula is C22H16Cl2N2O6. The molecule has 0 saturated heterocycles. The first-order chi connectivity index (χ1) is 15.3. The molecule has 0 aromatic heterocycles. The number of esters is 1. The minimum absolute atomic E-state index is 0.0536. The highest BCUT2D eigenvalue weighted by molar-refractivity contribution is 6.42. The standard InChI is InChI=1S/C22H16Cl2N2O6/c1-31-20-8-12(11-25-26-21(29)15-5-4-14(27)10-18(15)28)2-7-19(20)32-22(30)13-3-6-16(23)17(24)9-13/h2-11,27-28H,1H3,(H,26,29)/b25-11-. The van der Waals surface area contributed by atoms with Gasteiger partial charge in [0.1, 0.15) is 11.5 Å². The van der Waals surface area contributed by atoms with Crippen molar-refractivity contribution in [3.63, 3.8) is 0 Å². The average Bonchev–Trinajstić information content (AvgIpc) is 2.76. The van der Waals surface area contributed by atoms with Crippen molar-refractivity contribution < 1.29 is 29.3 Å². The predicted octanol–water partition coefficient (Wildman–Crippen LogP) is 4.40. The predicted molar refractivity (Wildman–Crippen MR) is 119 cm³/mol. The SMILES string of the molecule is COc1cc(/C=N\NC(=O)c2ccc(O)cc2O)ccc1OC(=O)c1ccc(Cl)c(Cl)c1. The van der Waals surface area contributed by atoms with Crippen LogP contribution in [0.15, 0.2) is 59.7 Å². The van der Waals surface area contributed by atoms with Crippen LogP contribution in [-0.4, -0.2) is 35.4 Å². The number of nitrogens with one attached hydrogen (secondary N) is 1. The smallest absolute Gasteiger partial charge is 0.343 e. The maximum atomic E-state index is 12.4. The fourth-order valence-electron chi connectivity index (χ4n) is 2.57. The van der Waals surface area contributed by atoms with E-state index >= 15 is 0 Å². The van der Waals surface area contributed by atoms with E-state index in [2.05, 4.69) is 10.5 Å². The Labute approximate surface area is 192 Å². The molecule has 0 aliphatic rings.